The van der Waals surface area contributed by atoms with Crippen LogP contribution in [0.3, 0.4) is 0 Å². The second-order valence-electron chi connectivity index (χ2n) is 10.6. The van der Waals surface area contributed by atoms with Crippen LogP contribution in [0.15, 0.2) is 58.1 Å². The van der Waals surface area contributed by atoms with Crippen LogP contribution < -0.4 is 24.8 Å². The predicted octanol–water partition coefficient (Wildman–Crippen LogP) is 3.59. The number of aliphatic hydroxyl groups is 1. The van der Waals surface area contributed by atoms with Gasteiger partial charge in [0.15, 0.2) is 11.5 Å². The highest BCUT2D eigenvalue weighted by atomic mass is 32.2. The Morgan fingerprint density at radius 2 is 1.81 bits per heavy atom. The molecule has 230 valence electrons. The van der Waals surface area contributed by atoms with Gasteiger partial charge in [0.1, 0.15) is 16.1 Å². The summed E-state index contributed by atoms with van der Waals surface area (Å²) < 4.78 is 44.9. The van der Waals surface area contributed by atoms with E-state index in [0.29, 0.717) is 34.2 Å². The van der Waals surface area contributed by atoms with E-state index in [0.717, 1.165) is 11.3 Å². The lowest BCUT2D eigenvalue weighted by atomic mass is 10.0. The van der Waals surface area contributed by atoms with Crippen LogP contribution >= 0.6 is 11.3 Å². The summed E-state index contributed by atoms with van der Waals surface area (Å²) in [6.45, 7) is 3.83. The second-order valence-corrected chi connectivity index (χ2v) is 13.8. The van der Waals surface area contributed by atoms with Crippen molar-refractivity contribution in [3.05, 3.63) is 59.5 Å². The normalized spacial score (nSPS) is 19.1. The molecule has 0 aliphatic carbocycles. The molecule has 43 heavy (non-hydrogen) atoms. The highest BCUT2D eigenvalue weighted by molar-refractivity contribution is 7.91. The van der Waals surface area contributed by atoms with Crippen LogP contribution in [0.2, 0.25) is 0 Å². The van der Waals surface area contributed by atoms with Gasteiger partial charge in [-0.25, -0.2) is 13.2 Å². The zero-order valence-corrected chi connectivity index (χ0v) is 25.6. The molecule has 3 amide bonds. The van der Waals surface area contributed by atoms with Crippen LogP contribution in [-0.4, -0.2) is 80.4 Å². The average Bonchev–Trinajstić information content (AvgIpc) is 3.69. The van der Waals surface area contributed by atoms with Gasteiger partial charge in [-0.05, 0) is 48.7 Å². The number of amides is 3. The van der Waals surface area contributed by atoms with Gasteiger partial charge < -0.3 is 34.9 Å². The minimum atomic E-state index is -3.74. The van der Waals surface area contributed by atoms with Crippen molar-refractivity contribution < 1.29 is 37.3 Å². The lowest BCUT2D eigenvalue weighted by Gasteiger charge is -2.33. The van der Waals surface area contributed by atoms with Crippen molar-refractivity contribution in [2.24, 2.45) is 5.92 Å². The Balaban J connectivity index is 1.38. The Bertz CT molecular complexity index is 1580. The first kappa shape index (κ1) is 30.6. The first-order valence-electron chi connectivity index (χ1n) is 13.7. The third kappa shape index (κ3) is 6.88. The lowest BCUT2D eigenvalue weighted by Crippen LogP contribution is -2.48. The summed E-state index contributed by atoms with van der Waals surface area (Å²) in [5, 5.41) is 17.1. The molecule has 0 saturated heterocycles. The minimum absolute atomic E-state index is 0.0360. The van der Waals surface area contributed by atoms with E-state index in [4.69, 9.17) is 14.2 Å². The SMILES string of the molecule is C[C@H](CO)N1C[C@H](C)[C@@H](CN(C)S(=O)(=O)c2cccs2)Oc2ccc(NC(=O)Nc3ccc4c(c3)OCO4)cc2CC1=O. The molecular weight excluding hydrogens is 596 g/mol. The number of hydrogen-bond acceptors (Lipinski definition) is 9. The van der Waals surface area contributed by atoms with E-state index >= 15 is 0 Å². The largest absolute Gasteiger partial charge is 0.488 e. The highest BCUT2D eigenvalue weighted by Crippen LogP contribution is 2.34. The number of ether oxygens (including phenoxy) is 3. The summed E-state index contributed by atoms with van der Waals surface area (Å²) in [6.07, 6.45) is -0.659. The van der Waals surface area contributed by atoms with Crippen LogP contribution in [0.5, 0.6) is 17.2 Å². The monoisotopic (exact) mass is 630 g/mol. The standard InChI is InChI=1S/C29H34N4O8S2/c1-18-14-33(19(2)16-34)27(35)12-20-11-21(30-29(36)31-22-7-9-24-25(13-22)40-17-39-24)6-8-23(20)41-26(18)15-32(3)43(37,38)28-5-4-10-42-28/h4-11,13,18-19,26,34H,12,14-17H2,1-3H3,(H2,30,31,36)/t18-,19+,26+/m0/s1. The quantitative estimate of drug-likeness (QED) is 0.342. The predicted molar refractivity (Wildman–Crippen MR) is 161 cm³/mol. The first-order chi connectivity index (χ1) is 20.5. The number of urea groups is 1. The Labute approximate surface area is 254 Å². The van der Waals surface area contributed by atoms with Crippen LogP contribution in [0.4, 0.5) is 16.2 Å². The fraction of sp³-hybridized carbons (Fsp3) is 0.379. The number of anilines is 2. The van der Waals surface area contributed by atoms with Gasteiger partial charge in [0.05, 0.1) is 25.6 Å². The molecule has 0 bridgehead atoms. The number of nitrogens with zero attached hydrogens (tertiary/aromatic N) is 2. The van der Waals surface area contributed by atoms with E-state index in [1.807, 2.05) is 6.92 Å². The summed E-state index contributed by atoms with van der Waals surface area (Å²) in [5.41, 5.74) is 1.45. The van der Waals surface area contributed by atoms with Crippen LogP contribution in [-0.2, 0) is 21.2 Å². The molecule has 5 rings (SSSR count). The van der Waals surface area contributed by atoms with Gasteiger partial charge in [-0.2, -0.15) is 4.31 Å². The van der Waals surface area contributed by atoms with Gasteiger partial charge in [0, 0.05) is 42.5 Å². The number of carbonyl (C=O) groups is 2. The van der Waals surface area contributed by atoms with E-state index in [2.05, 4.69) is 10.6 Å². The van der Waals surface area contributed by atoms with E-state index in [-0.39, 0.29) is 48.9 Å². The highest BCUT2D eigenvalue weighted by Gasteiger charge is 2.33. The summed E-state index contributed by atoms with van der Waals surface area (Å²) in [6, 6.07) is 12.3. The average molecular weight is 631 g/mol. The second kappa shape index (κ2) is 12.8. The maximum atomic E-state index is 13.5. The Kier molecular flexibility index (Phi) is 9.11. The van der Waals surface area contributed by atoms with E-state index in [9.17, 15) is 23.1 Å². The molecule has 0 saturated carbocycles. The van der Waals surface area contributed by atoms with Crippen molar-refractivity contribution in [1.29, 1.82) is 0 Å². The molecule has 3 atom stereocenters. The van der Waals surface area contributed by atoms with E-state index in [1.54, 1.807) is 65.7 Å². The van der Waals surface area contributed by atoms with Gasteiger partial charge >= 0.3 is 6.03 Å². The molecule has 3 aromatic rings. The fourth-order valence-corrected chi connectivity index (χ4v) is 7.29. The number of aliphatic hydroxyl groups excluding tert-OH is 1. The van der Waals surface area contributed by atoms with Crippen molar-refractivity contribution in [2.75, 3.05) is 44.2 Å². The fourth-order valence-electron chi connectivity index (χ4n) is 4.91. The van der Waals surface area contributed by atoms with Crippen molar-refractivity contribution in [2.45, 2.75) is 36.6 Å². The minimum Gasteiger partial charge on any atom is -0.488 e. The number of fused-ring (bicyclic) bond motifs is 2. The number of sulfonamides is 1. The number of hydrogen-bond donors (Lipinski definition) is 3. The van der Waals surface area contributed by atoms with Gasteiger partial charge in [-0.15, -0.1) is 11.3 Å². The third-order valence-corrected chi connectivity index (χ3v) is 10.6. The van der Waals surface area contributed by atoms with Crippen molar-refractivity contribution in [1.82, 2.24) is 9.21 Å². The molecular formula is C29H34N4O8S2. The number of thiophene rings is 1. The molecule has 3 N–H and O–H groups in total. The molecule has 2 aliphatic rings. The van der Waals surface area contributed by atoms with E-state index < -0.39 is 28.2 Å². The molecule has 0 unspecified atom stereocenters. The molecule has 3 heterocycles. The van der Waals surface area contributed by atoms with Crippen molar-refractivity contribution in [3.63, 3.8) is 0 Å². The lowest BCUT2D eigenvalue weighted by molar-refractivity contribution is -0.134. The molecule has 14 heteroatoms. The van der Waals surface area contributed by atoms with Gasteiger partial charge in [0.2, 0.25) is 12.7 Å². The van der Waals surface area contributed by atoms with Gasteiger partial charge in [0.25, 0.3) is 10.0 Å². The molecule has 0 radical (unpaired) electrons. The van der Waals surface area contributed by atoms with Gasteiger partial charge in [-0.3, -0.25) is 4.79 Å². The van der Waals surface area contributed by atoms with E-state index in [1.165, 1.54) is 11.4 Å². The molecule has 0 fully saturated rings. The van der Waals surface area contributed by atoms with Crippen LogP contribution in [0.25, 0.3) is 0 Å². The summed E-state index contributed by atoms with van der Waals surface area (Å²) in [7, 11) is -2.24. The molecule has 12 nitrogen and oxygen atoms in total. The first-order valence-corrected chi connectivity index (χ1v) is 16.0. The number of nitrogens with one attached hydrogen (secondary N) is 2. The van der Waals surface area contributed by atoms with Crippen LogP contribution in [0, 0.1) is 5.92 Å². The number of carbonyl (C=O) groups excluding carboxylic acids is 2. The van der Waals surface area contributed by atoms with Crippen LogP contribution in [0.1, 0.15) is 19.4 Å². The van der Waals surface area contributed by atoms with Crippen molar-refractivity contribution in [3.8, 4) is 17.2 Å². The molecule has 2 aromatic carbocycles. The number of rotatable bonds is 8. The maximum Gasteiger partial charge on any atom is 0.323 e. The molecule has 1 aromatic heterocycles. The Morgan fingerprint density at radius 3 is 2.51 bits per heavy atom. The number of benzene rings is 2. The molecule has 2 aliphatic heterocycles. The molecule has 0 spiro atoms. The number of likely N-dealkylation sites (N-methyl/N-ethyl adjacent to an activating group) is 1. The third-order valence-electron chi connectivity index (χ3n) is 7.40. The van der Waals surface area contributed by atoms with Crippen molar-refractivity contribution >= 4 is 44.7 Å². The zero-order chi connectivity index (χ0) is 30.7. The summed E-state index contributed by atoms with van der Waals surface area (Å²) in [5.74, 6) is 1.04. The maximum absolute atomic E-state index is 13.5. The summed E-state index contributed by atoms with van der Waals surface area (Å²) in [4.78, 5) is 27.9. The smallest absolute Gasteiger partial charge is 0.323 e. The zero-order valence-electron chi connectivity index (χ0n) is 24.0. The summed E-state index contributed by atoms with van der Waals surface area (Å²) >= 11 is 1.14. The Hall–Kier alpha value is -3.85. The topological polar surface area (TPSA) is 147 Å². The Morgan fingerprint density at radius 1 is 1.12 bits per heavy atom. The van der Waals surface area contributed by atoms with Gasteiger partial charge in [-0.1, -0.05) is 13.0 Å².